The van der Waals surface area contributed by atoms with Crippen LogP contribution in [-0.4, -0.2) is 14.2 Å². The number of ether oxygens (including phenoxy) is 2. The van der Waals surface area contributed by atoms with E-state index in [0.717, 1.165) is 17.9 Å². The van der Waals surface area contributed by atoms with Crippen molar-refractivity contribution < 1.29 is 9.47 Å². The molecule has 17 heavy (non-hydrogen) atoms. The zero-order valence-electron chi connectivity index (χ0n) is 11.3. The Labute approximate surface area is 105 Å². The second-order valence-electron chi connectivity index (χ2n) is 4.35. The zero-order valence-corrected chi connectivity index (χ0v) is 11.3. The number of rotatable bonds is 8. The number of benzene rings is 1. The Hall–Kier alpha value is -1.18. The van der Waals surface area contributed by atoms with Gasteiger partial charge < -0.3 is 9.47 Å². The molecule has 1 aromatic carbocycles. The minimum atomic E-state index is 0.808. The monoisotopic (exact) mass is 236 g/mol. The summed E-state index contributed by atoms with van der Waals surface area (Å²) in [6.07, 6.45) is 7.72. The molecular formula is C15H24O2. The van der Waals surface area contributed by atoms with E-state index >= 15 is 0 Å². The predicted octanol–water partition coefficient (Wildman–Crippen LogP) is 4.22. The SMILES string of the molecule is CCCCCCCc1ccc(OC)c(OC)c1. The van der Waals surface area contributed by atoms with Crippen LogP contribution < -0.4 is 9.47 Å². The maximum atomic E-state index is 5.30. The number of methoxy groups -OCH3 is 2. The fourth-order valence-corrected chi connectivity index (χ4v) is 1.97. The van der Waals surface area contributed by atoms with E-state index in [-0.39, 0.29) is 0 Å². The van der Waals surface area contributed by atoms with Gasteiger partial charge in [0.25, 0.3) is 0 Å². The quantitative estimate of drug-likeness (QED) is 0.629. The van der Waals surface area contributed by atoms with Crippen molar-refractivity contribution in [3.63, 3.8) is 0 Å². The zero-order chi connectivity index (χ0) is 12.5. The van der Waals surface area contributed by atoms with Crippen LogP contribution in [0, 0.1) is 0 Å². The van der Waals surface area contributed by atoms with Gasteiger partial charge >= 0.3 is 0 Å². The molecule has 1 rings (SSSR count). The van der Waals surface area contributed by atoms with Gasteiger partial charge in [-0.05, 0) is 30.5 Å². The van der Waals surface area contributed by atoms with Crippen LogP contribution in [0.5, 0.6) is 11.5 Å². The molecule has 0 aromatic heterocycles. The van der Waals surface area contributed by atoms with E-state index in [0.29, 0.717) is 0 Å². The van der Waals surface area contributed by atoms with Crippen molar-refractivity contribution in [1.82, 2.24) is 0 Å². The molecule has 96 valence electrons. The number of unbranched alkanes of at least 4 members (excludes halogenated alkanes) is 4. The third-order valence-corrected chi connectivity index (χ3v) is 3.02. The lowest BCUT2D eigenvalue weighted by Gasteiger charge is -2.09. The molecule has 0 heterocycles. The molecule has 0 amide bonds. The fraction of sp³-hybridized carbons (Fsp3) is 0.600. The van der Waals surface area contributed by atoms with Gasteiger partial charge in [0.05, 0.1) is 14.2 Å². The lowest BCUT2D eigenvalue weighted by atomic mass is 10.1. The van der Waals surface area contributed by atoms with Gasteiger partial charge in [-0.15, -0.1) is 0 Å². The van der Waals surface area contributed by atoms with E-state index in [4.69, 9.17) is 9.47 Å². The van der Waals surface area contributed by atoms with Crippen LogP contribution in [0.1, 0.15) is 44.6 Å². The molecule has 0 aliphatic heterocycles. The highest BCUT2D eigenvalue weighted by Crippen LogP contribution is 2.28. The van der Waals surface area contributed by atoms with Crippen molar-refractivity contribution in [3.05, 3.63) is 23.8 Å². The molecule has 1 aromatic rings. The first-order valence-corrected chi connectivity index (χ1v) is 6.52. The highest BCUT2D eigenvalue weighted by Gasteiger charge is 2.04. The first-order chi connectivity index (χ1) is 8.31. The van der Waals surface area contributed by atoms with E-state index in [2.05, 4.69) is 19.1 Å². The molecule has 0 unspecified atom stereocenters. The average Bonchev–Trinajstić information content (AvgIpc) is 2.38. The van der Waals surface area contributed by atoms with Crippen LogP contribution in [0.2, 0.25) is 0 Å². The van der Waals surface area contributed by atoms with Gasteiger partial charge in [0.1, 0.15) is 0 Å². The van der Waals surface area contributed by atoms with Gasteiger partial charge in [0, 0.05) is 0 Å². The third kappa shape index (κ3) is 4.68. The number of hydrogen-bond acceptors (Lipinski definition) is 2. The van der Waals surface area contributed by atoms with E-state index in [1.807, 2.05) is 6.07 Å². The molecule has 2 nitrogen and oxygen atoms in total. The summed E-state index contributed by atoms with van der Waals surface area (Å²) in [6, 6.07) is 6.19. The largest absolute Gasteiger partial charge is 0.493 e. The van der Waals surface area contributed by atoms with Crippen molar-refractivity contribution in [1.29, 1.82) is 0 Å². The molecule has 0 atom stereocenters. The van der Waals surface area contributed by atoms with Crippen molar-refractivity contribution >= 4 is 0 Å². The van der Waals surface area contributed by atoms with Crippen LogP contribution in [0.3, 0.4) is 0 Å². The number of hydrogen-bond donors (Lipinski definition) is 0. The molecule has 0 saturated heterocycles. The minimum absolute atomic E-state index is 0.808. The molecule has 0 N–H and O–H groups in total. The van der Waals surface area contributed by atoms with Crippen molar-refractivity contribution in [2.75, 3.05) is 14.2 Å². The summed E-state index contributed by atoms with van der Waals surface area (Å²) >= 11 is 0. The van der Waals surface area contributed by atoms with Gasteiger partial charge in [0.15, 0.2) is 11.5 Å². The normalized spacial score (nSPS) is 10.3. The molecule has 0 fully saturated rings. The van der Waals surface area contributed by atoms with Crippen molar-refractivity contribution in [3.8, 4) is 11.5 Å². The van der Waals surface area contributed by atoms with Crippen molar-refractivity contribution in [2.45, 2.75) is 45.4 Å². The Morgan fingerprint density at radius 2 is 1.59 bits per heavy atom. The number of aryl methyl sites for hydroxylation is 1. The summed E-state index contributed by atoms with van der Waals surface area (Å²) < 4.78 is 10.5. The Balaban J connectivity index is 2.43. The van der Waals surface area contributed by atoms with E-state index in [9.17, 15) is 0 Å². The van der Waals surface area contributed by atoms with E-state index in [1.165, 1.54) is 37.7 Å². The molecule has 0 spiro atoms. The van der Waals surface area contributed by atoms with E-state index < -0.39 is 0 Å². The minimum Gasteiger partial charge on any atom is -0.493 e. The fourth-order valence-electron chi connectivity index (χ4n) is 1.97. The van der Waals surface area contributed by atoms with E-state index in [1.54, 1.807) is 14.2 Å². The molecule has 0 aliphatic carbocycles. The summed E-state index contributed by atoms with van der Waals surface area (Å²) in [5.74, 6) is 1.64. The average molecular weight is 236 g/mol. The Morgan fingerprint density at radius 3 is 2.24 bits per heavy atom. The maximum absolute atomic E-state index is 5.30. The molecule has 0 aliphatic rings. The third-order valence-electron chi connectivity index (χ3n) is 3.02. The Morgan fingerprint density at radius 1 is 0.882 bits per heavy atom. The summed E-state index contributed by atoms with van der Waals surface area (Å²) in [4.78, 5) is 0. The van der Waals surface area contributed by atoms with Crippen LogP contribution in [-0.2, 0) is 6.42 Å². The second kappa shape index (κ2) is 7.99. The molecule has 0 bridgehead atoms. The van der Waals surface area contributed by atoms with Gasteiger partial charge in [-0.3, -0.25) is 0 Å². The molecule has 0 radical (unpaired) electrons. The first kappa shape index (κ1) is 13.9. The topological polar surface area (TPSA) is 18.5 Å². The van der Waals surface area contributed by atoms with Gasteiger partial charge in [-0.2, -0.15) is 0 Å². The van der Waals surface area contributed by atoms with Crippen LogP contribution >= 0.6 is 0 Å². The smallest absolute Gasteiger partial charge is 0.160 e. The molecule has 2 heteroatoms. The summed E-state index contributed by atoms with van der Waals surface area (Å²) in [7, 11) is 3.35. The van der Waals surface area contributed by atoms with Crippen LogP contribution in [0.4, 0.5) is 0 Å². The maximum Gasteiger partial charge on any atom is 0.160 e. The Kier molecular flexibility index (Phi) is 6.53. The Bertz CT molecular complexity index is 321. The molecule has 0 saturated carbocycles. The second-order valence-corrected chi connectivity index (χ2v) is 4.35. The molecular weight excluding hydrogens is 212 g/mol. The van der Waals surface area contributed by atoms with Crippen LogP contribution in [0.25, 0.3) is 0 Å². The lowest BCUT2D eigenvalue weighted by molar-refractivity contribution is 0.354. The standard InChI is InChI=1S/C15H24O2/c1-4-5-6-7-8-9-13-10-11-14(16-2)15(12-13)17-3/h10-12H,4-9H2,1-3H3. The summed E-state index contributed by atoms with van der Waals surface area (Å²) in [6.45, 7) is 2.24. The van der Waals surface area contributed by atoms with Gasteiger partial charge in [-0.1, -0.05) is 38.7 Å². The van der Waals surface area contributed by atoms with Gasteiger partial charge in [0.2, 0.25) is 0 Å². The van der Waals surface area contributed by atoms with Crippen molar-refractivity contribution in [2.24, 2.45) is 0 Å². The van der Waals surface area contributed by atoms with Gasteiger partial charge in [-0.25, -0.2) is 0 Å². The highest BCUT2D eigenvalue weighted by atomic mass is 16.5. The highest BCUT2D eigenvalue weighted by molar-refractivity contribution is 5.42. The summed E-state index contributed by atoms with van der Waals surface area (Å²) in [5.41, 5.74) is 1.33. The predicted molar refractivity (Wildman–Crippen MR) is 72.0 cm³/mol. The van der Waals surface area contributed by atoms with Crippen LogP contribution in [0.15, 0.2) is 18.2 Å². The summed E-state index contributed by atoms with van der Waals surface area (Å²) in [5, 5.41) is 0. The first-order valence-electron chi connectivity index (χ1n) is 6.52. The lowest BCUT2D eigenvalue weighted by Crippen LogP contribution is -1.93.